The Morgan fingerprint density at radius 3 is 2.71 bits per heavy atom. The molecule has 2 rings (SSSR count). The molecule has 7 heteroatoms. The number of para-hydroxylation sites is 1. The molecule has 0 unspecified atom stereocenters. The highest BCUT2D eigenvalue weighted by Crippen LogP contribution is 2.18. The zero-order chi connectivity index (χ0) is 16.7. The fourth-order valence-electron chi connectivity index (χ4n) is 2.12. The van der Waals surface area contributed by atoms with Crippen LogP contribution >= 0.6 is 35.6 Å². The van der Waals surface area contributed by atoms with E-state index in [1.165, 1.54) is 12.1 Å². The van der Waals surface area contributed by atoms with Crippen LogP contribution in [0.2, 0.25) is 5.02 Å². The summed E-state index contributed by atoms with van der Waals surface area (Å²) in [5.41, 5.74) is 8.59. The standard InChI is InChI=1S/C17H19ClFN3O.HI/c1-23-11-13-4-2-3-5-16(13)22-17(20)21-9-8-12-6-7-14(19)10-15(12)18;/h2-7,10H,8-9,11H2,1H3,(H3,20,21,22);1H. The van der Waals surface area contributed by atoms with E-state index >= 15 is 0 Å². The highest BCUT2D eigenvalue weighted by molar-refractivity contribution is 14.0. The average Bonchev–Trinajstić information content (AvgIpc) is 2.52. The van der Waals surface area contributed by atoms with E-state index in [4.69, 9.17) is 22.1 Å². The van der Waals surface area contributed by atoms with E-state index in [9.17, 15) is 4.39 Å². The second-order valence-corrected chi connectivity index (χ2v) is 5.38. The minimum absolute atomic E-state index is 0. The van der Waals surface area contributed by atoms with Crippen molar-refractivity contribution >= 4 is 47.2 Å². The van der Waals surface area contributed by atoms with Crippen LogP contribution in [-0.2, 0) is 17.8 Å². The van der Waals surface area contributed by atoms with Gasteiger partial charge in [-0.15, -0.1) is 24.0 Å². The number of guanidine groups is 1. The largest absolute Gasteiger partial charge is 0.380 e. The quantitative estimate of drug-likeness (QED) is 0.383. The lowest BCUT2D eigenvalue weighted by Crippen LogP contribution is -2.23. The molecular formula is C17H20ClFIN3O. The summed E-state index contributed by atoms with van der Waals surface area (Å²) in [7, 11) is 1.64. The number of hydrogen-bond donors (Lipinski definition) is 2. The molecule has 0 heterocycles. The molecule has 0 aliphatic rings. The van der Waals surface area contributed by atoms with E-state index in [0.29, 0.717) is 30.6 Å². The summed E-state index contributed by atoms with van der Waals surface area (Å²) < 4.78 is 18.1. The first kappa shape index (κ1) is 20.7. The lowest BCUT2D eigenvalue weighted by molar-refractivity contribution is 0.185. The number of hydrogen-bond acceptors (Lipinski definition) is 2. The van der Waals surface area contributed by atoms with Crippen LogP contribution in [0.15, 0.2) is 47.5 Å². The van der Waals surface area contributed by atoms with Crippen LogP contribution in [0, 0.1) is 5.82 Å². The molecule has 0 aromatic heterocycles. The summed E-state index contributed by atoms with van der Waals surface area (Å²) in [5.74, 6) is -0.0371. The van der Waals surface area contributed by atoms with Crippen LogP contribution in [-0.4, -0.2) is 19.6 Å². The van der Waals surface area contributed by atoms with Gasteiger partial charge >= 0.3 is 0 Å². The number of anilines is 1. The molecule has 2 aromatic carbocycles. The molecule has 2 aromatic rings. The number of halogens is 3. The Morgan fingerprint density at radius 1 is 1.25 bits per heavy atom. The first-order valence-corrected chi connectivity index (χ1v) is 7.55. The minimum atomic E-state index is -0.349. The summed E-state index contributed by atoms with van der Waals surface area (Å²) in [6.07, 6.45) is 0.585. The van der Waals surface area contributed by atoms with Gasteiger partial charge in [0.05, 0.1) is 6.61 Å². The molecule has 0 aliphatic carbocycles. The zero-order valence-corrected chi connectivity index (χ0v) is 16.3. The second-order valence-electron chi connectivity index (χ2n) is 4.97. The lowest BCUT2D eigenvalue weighted by Gasteiger charge is -2.11. The molecule has 4 nitrogen and oxygen atoms in total. The summed E-state index contributed by atoms with van der Waals surface area (Å²) in [5, 5.41) is 3.46. The van der Waals surface area contributed by atoms with Gasteiger partial charge in [-0.05, 0) is 30.2 Å². The molecule has 0 radical (unpaired) electrons. The second kappa shape index (κ2) is 10.5. The van der Waals surface area contributed by atoms with Gasteiger partial charge in [-0.3, -0.25) is 4.99 Å². The van der Waals surface area contributed by atoms with E-state index in [1.807, 2.05) is 24.3 Å². The van der Waals surface area contributed by atoms with Gasteiger partial charge < -0.3 is 15.8 Å². The summed E-state index contributed by atoms with van der Waals surface area (Å²) in [6, 6.07) is 12.0. The molecule has 0 bridgehead atoms. The van der Waals surface area contributed by atoms with Gasteiger partial charge in [0.2, 0.25) is 0 Å². The fraction of sp³-hybridized carbons (Fsp3) is 0.235. The van der Waals surface area contributed by atoms with Crippen LogP contribution in [0.5, 0.6) is 0 Å². The molecule has 0 saturated heterocycles. The Balaban J connectivity index is 0.00000288. The van der Waals surface area contributed by atoms with Crippen molar-refractivity contribution in [2.45, 2.75) is 13.0 Å². The number of methoxy groups -OCH3 is 1. The van der Waals surface area contributed by atoms with Gasteiger partial charge in [0.1, 0.15) is 5.82 Å². The molecule has 130 valence electrons. The zero-order valence-electron chi connectivity index (χ0n) is 13.3. The predicted molar refractivity (Wildman–Crippen MR) is 108 cm³/mol. The van der Waals surface area contributed by atoms with E-state index in [0.717, 1.165) is 16.8 Å². The van der Waals surface area contributed by atoms with Crippen molar-refractivity contribution < 1.29 is 9.13 Å². The Labute approximate surface area is 163 Å². The first-order valence-electron chi connectivity index (χ1n) is 7.18. The Hall–Kier alpha value is -1.38. The predicted octanol–water partition coefficient (Wildman–Crippen LogP) is 4.21. The highest BCUT2D eigenvalue weighted by Gasteiger charge is 2.04. The highest BCUT2D eigenvalue weighted by atomic mass is 127. The molecule has 24 heavy (non-hydrogen) atoms. The van der Waals surface area contributed by atoms with Crippen molar-refractivity contribution in [2.75, 3.05) is 19.0 Å². The fourth-order valence-corrected chi connectivity index (χ4v) is 2.38. The number of nitrogens with two attached hydrogens (primary N) is 1. The maximum atomic E-state index is 13.0. The molecular weight excluding hydrogens is 444 g/mol. The average molecular weight is 464 g/mol. The van der Waals surface area contributed by atoms with Gasteiger partial charge in [0.25, 0.3) is 0 Å². The SMILES string of the molecule is COCc1ccccc1NC(N)=NCCc1ccc(F)cc1Cl.I. The van der Waals surface area contributed by atoms with Crippen molar-refractivity contribution in [3.05, 3.63) is 64.4 Å². The molecule has 0 saturated carbocycles. The van der Waals surface area contributed by atoms with Crippen molar-refractivity contribution in [1.82, 2.24) is 0 Å². The maximum absolute atomic E-state index is 13.0. The third kappa shape index (κ3) is 6.26. The van der Waals surface area contributed by atoms with Gasteiger partial charge in [0.15, 0.2) is 5.96 Å². The van der Waals surface area contributed by atoms with Gasteiger partial charge in [-0.1, -0.05) is 35.9 Å². The van der Waals surface area contributed by atoms with Gasteiger partial charge in [-0.2, -0.15) is 0 Å². The van der Waals surface area contributed by atoms with Crippen LogP contribution in [0.3, 0.4) is 0 Å². The van der Waals surface area contributed by atoms with E-state index in [-0.39, 0.29) is 29.8 Å². The van der Waals surface area contributed by atoms with Crippen molar-refractivity contribution in [3.8, 4) is 0 Å². The van der Waals surface area contributed by atoms with E-state index < -0.39 is 0 Å². The molecule has 0 atom stereocenters. The number of nitrogens with zero attached hydrogens (tertiary/aromatic N) is 1. The van der Waals surface area contributed by atoms with Crippen molar-refractivity contribution in [2.24, 2.45) is 10.7 Å². The molecule has 0 amide bonds. The Kier molecular flexibility index (Phi) is 9.02. The minimum Gasteiger partial charge on any atom is -0.380 e. The third-order valence-electron chi connectivity index (χ3n) is 3.26. The van der Waals surface area contributed by atoms with E-state index in [2.05, 4.69) is 10.3 Å². The third-order valence-corrected chi connectivity index (χ3v) is 3.61. The monoisotopic (exact) mass is 463 g/mol. The van der Waals surface area contributed by atoms with E-state index in [1.54, 1.807) is 13.2 Å². The molecule has 3 N–H and O–H groups in total. The summed E-state index contributed by atoms with van der Waals surface area (Å²) in [6.45, 7) is 0.943. The van der Waals surface area contributed by atoms with Gasteiger partial charge in [0, 0.05) is 29.9 Å². The maximum Gasteiger partial charge on any atom is 0.193 e. The number of rotatable bonds is 6. The number of aliphatic imine (C=N–C) groups is 1. The van der Waals surface area contributed by atoms with Gasteiger partial charge in [-0.25, -0.2) is 4.39 Å². The molecule has 0 spiro atoms. The topological polar surface area (TPSA) is 59.6 Å². The number of benzene rings is 2. The molecule has 0 fully saturated rings. The summed E-state index contributed by atoms with van der Waals surface area (Å²) in [4.78, 5) is 4.27. The van der Waals surface area contributed by atoms with Crippen molar-refractivity contribution in [3.63, 3.8) is 0 Å². The molecule has 0 aliphatic heterocycles. The van der Waals surface area contributed by atoms with Crippen LogP contribution in [0.25, 0.3) is 0 Å². The number of ether oxygens (including phenoxy) is 1. The van der Waals surface area contributed by atoms with Crippen LogP contribution < -0.4 is 11.1 Å². The Bertz CT molecular complexity index is 697. The smallest absolute Gasteiger partial charge is 0.193 e. The van der Waals surface area contributed by atoms with Crippen molar-refractivity contribution in [1.29, 1.82) is 0 Å². The van der Waals surface area contributed by atoms with Crippen LogP contribution in [0.1, 0.15) is 11.1 Å². The number of nitrogens with one attached hydrogen (secondary N) is 1. The summed E-state index contributed by atoms with van der Waals surface area (Å²) >= 11 is 5.98. The lowest BCUT2D eigenvalue weighted by atomic mass is 10.1. The van der Waals surface area contributed by atoms with Crippen LogP contribution in [0.4, 0.5) is 10.1 Å². The normalized spacial score (nSPS) is 11.0. The Morgan fingerprint density at radius 2 is 2.00 bits per heavy atom. The first-order chi connectivity index (χ1) is 11.1.